The molecule has 1 saturated heterocycles. The van der Waals surface area contributed by atoms with E-state index in [1.54, 1.807) is 44.2 Å². The van der Waals surface area contributed by atoms with Gasteiger partial charge < -0.3 is 42.1 Å². The molecule has 15 nitrogen and oxygen atoms in total. The molecule has 51 heavy (non-hydrogen) atoms. The van der Waals surface area contributed by atoms with Crippen molar-refractivity contribution in [3.63, 3.8) is 0 Å². The Balaban J connectivity index is 2.30. The Hall–Kier alpha value is -4.18. The lowest BCUT2D eigenvalue weighted by Gasteiger charge is -2.29. The highest BCUT2D eigenvalue weighted by atomic mass is 32.2. The van der Waals surface area contributed by atoms with E-state index in [4.69, 9.17) is 0 Å². The lowest BCUT2D eigenvalue weighted by Crippen LogP contribution is -2.60. The molecule has 1 aromatic carbocycles. The van der Waals surface area contributed by atoms with Gasteiger partial charge in [-0.3, -0.25) is 28.8 Å². The molecule has 1 aliphatic heterocycles. The molecule has 16 heteroatoms. The molecule has 0 unspecified atom stereocenters. The molecule has 0 aromatic heterocycles. The van der Waals surface area contributed by atoms with Gasteiger partial charge in [-0.05, 0) is 68.1 Å². The normalized spacial score (nSPS) is 17.0. The number of hydrogen-bond acceptors (Lipinski definition) is 9. The Morgan fingerprint density at radius 2 is 1.39 bits per heavy atom. The van der Waals surface area contributed by atoms with E-state index < -0.39 is 90.1 Å². The van der Waals surface area contributed by atoms with Crippen LogP contribution < -0.4 is 31.9 Å². The van der Waals surface area contributed by atoms with E-state index in [-0.39, 0.29) is 31.6 Å². The number of carboxylic acids is 2. The largest absolute Gasteiger partial charge is 0.481 e. The number of benzene rings is 1. The van der Waals surface area contributed by atoms with Gasteiger partial charge in [0.1, 0.15) is 30.2 Å². The molecule has 5 amide bonds. The Kier molecular flexibility index (Phi) is 18.5. The van der Waals surface area contributed by atoms with Crippen molar-refractivity contribution in [2.75, 3.05) is 18.6 Å². The minimum atomic E-state index is -1.23. The maximum absolute atomic E-state index is 13.9. The van der Waals surface area contributed by atoms with Crippen LogP contribution in [0.1, 0.15) is 71.8 Å². The summed E-state index contributed by atoms with van der Waals surface area (Å²) in [6, 6.07) is 2.49. The average Bonchev–Trinajstić information content (AvgIpc) is 3.62. The summed E-state index contributed by atoms with van der Waals surface area (Å²) in [6.07, 6.45) is 2.99. The standard InChI is InChI=1S/C35H54N6O9S/c1-20(2)18-26(32(46)38-25(35(49)50)15-17-51-5)39-33(47)27(19-22-10-7-6-8-11-22)40-34(48)29(21(3)4)41-31(45)24(13-14-28(42)43)37-30(44)23-12-9-16-36-23/h6-8,10-11,20-21,23-27,29,36H,9,12-19H2,1-5H3,(H,37,44)(H,38,46)(H,39,47)(H,40,48)(H,41,45)(H,42,43)(H,49,50)/t23-,24-,25-,26-,27-,29-/m0/s1. The topological polar surface area (TPSA) is 232 Å². The summed E-state index contributed by atoms with van der Waals surface area (Å²) < 4.78 is 0. The van der Waals surface area contributed by atoms with Crippen molar-refractivity contribution >= 4 is 53.2 Å². The van der Waals surface area contributed by atoms with Crippen LogP contribution in [0, 0.1) is 11.8 Å². The molecule has 1 fully saturated rings. The van der Waals surface area contributed by atoms with Gasteiger partial charge in [-0.25, -0.2) is 4.79 Å². The van der Waals surface area contributed by atoms with Crippen LogP contribution in [-0.4, -0.2) is 106 Å². The molecule has 0 saturated carbocycles. The van der Waals surface area contributed by atoms with Crippen LogP contribution in [0.15, 0.2) is 30.3 Å². The average molecular weight is 735 g/mol. The van der Waals surface area contributed by atoms with Gasteiger partial charge in [0.2, 0.25) is 29.5 Å². The number of carbonyl (C=O) groups excluding carboxylic acids is 5. The first-order valence-electron chi connectivity index (χ1n) is 17.4. The fourth-order valence-corrected chi connectivity index (χ4v) is 6.04. The van der Waals surface area contributed by atoms with Gasteiger partial charge in [-0.15, -0.1) is 0 Å². The summed E-state index contributed by atoms with van der Waals surface area (Å²) in [5.74, 6) is -5.64. The SMILES string of the molecule is CSCC[C@H](NC(=O)[C@H](CC(C)C)NC(=O)[C@H](Cc1ccccc1)NC(=O)[C@@H](NC(=O)[C@H](CCC(=O)O)NC(=O)[C@@H]1CCCN1)C(C)C)C(=O)O. The minimum Gasteiger partial charge on any atom is -0.481 e. The highest BCUT2D eigenvalue weighted by molar-refractivity contribution is 7.98. The molecular weight excluding hydrogens is 680 g/mol. The van der Waals surface area contributed by atoms with Crippen LogP contribution in [0.4, 0.5) is 0 Å². The van der Waals surface area contributed by atoms with E-state index >= 15 is 0 Å². The van der Waals surface area contributed by atoms with Gasteiger partial charge in [0.25, 0.3) is 0 Å². The van der Waals surface area contributed by atoms with Crippen LogP contribution in [0.25, 0.3) is 0 Å². The van der Waals surface area contributed by atoms with Crippen molar-refractivity contribution < 1.29 is 43.8 Å². The Morgan fingerprint density at radius 3 is 1.94 bits per heavy atom. The predicted molar refractivity (Wildman–Crippen MR) is 193 cm³/mol. The summed E-state index contributed by atoms with van der Waals surface area (Å²) in [5.41, 5.74) is 0.702. The third-order valence-electron chi connectivity index (χ3n) is 8.38. The van der Waals surface area contributed by atoms with Crippen LogP contribution in [0.2, 0.25) is 0 Å². The van der Waals surface area contributed by atoms with E-state index in [9.17, 15) is 43.8 Å². The van der Waals surface area contributed by atoms with Crippen molar-refractivity contribution in [2.45, 2.75) is 109 Å². The van der Waals surface area contributed by atoms with Crippen molar-refractivity contribution in [3.8, 4) is 0 Å². The Labute approximate surface area is 303 Å². The van der Waals surface area contributed by atoms with Gasteiger partial charge in [0.15, 0.2) is 0 Å². The quantitative estimate of drug-likeness (QED) is 0.0831. The van der Waals surface area contributed by atoms with Crippen LogP contribution in [0.3, 0.4) is 0 Å². The molecular formula is C35H54N6O9S. The zero-order valence-electron chi connectivity index (χ0n) is 30.0. The van der Waals surface area contributed by atoms with Crippen LogP contribution in [-0.2, 0) is 40.0 Å². The van der Waals surface area contributed by atoms with Crippen molar-refractivity contribution in [1.29, 1.82) is 0 Å². The second-order valence-electron chi connectivity index (χ2n) is 13.5. The second kappa shape index (κ2) is 21.9. The maximum Gasteiger partial charge on any atom is 0.326 e. The summed E-state index contributed by atoms with van der Waals surface area (Å²) >= 11 is 1.44. The summed E-state index contributed by atoms with van der Waals surface area (Å²) in [5, 5.41) is 35.2. The number of amides is 5. The Bertz CT molecular complexity index is 1340. The van der Waals surface area contributed by atoms with E-state index in [1.165, 1.54) is 11.8 Å². The lowest BCUT2D eigenvalue weighted by atomic mass is 9.99. The van der Waals surface area contributed by atoms with Gasteiger partial charge in [0, 0.05) is 12.8 Å². The van der Waals surface area contributed by atoms with Gasteiger partial charge in [-0.2, -0.15) is 11.8 Å². The van der Waals surface area contributed by atoms with E-state index in [2.05, 4.69) is 31.9 Å². The smallest absolute Gasteiger partial charge is 0.326 e. The molecule has 0 spiro atoms. The molecule has 1 aromatic rings. The number of carbonyl (C=O) groups is 7. The molecule has 0 radical (unpaired) electrons. The first-order valence-corrected chi connectivity index (χ1v) is 18.7. The van der Waals surface area contributed by atoms with Gasteiger partial charge in [-0.1, -0.05) is 58.0 Å². The van der Waals surface area contributed by atoms with Crippen LogP contribution in [0.5, 0.6) is 0 Å². The summed E-state index contributed by atoms with van der Waals surface area (Å²) in [4.78, 5) is 90.5. The Morgan fingerprint density at radius 1 is 0.784 bits per heavy atom. The maximum atomic E-state index is 13.9. The van der Waals surface area contributed by atoms with Crippen LogP contribution >= 0.6 is 11.8 Å². The van der Waals surface area contributed by atoms with Crippen molar-refractivity contribution in [1.82, 2.24) is 31.9 Å². The number of carboxylic acid groups (broad SMARTS) is 2. The monoisotopic (exact) mass is 734 g/mol. The van der Waals surface area contributed by atoms with Crippen molar-refractivity contribution in [2.24, 2.45) is 11.8 Å². The molecule has 6 atom stereocenters. The molecule has 1 heterocycles. The number of rotatable bonds is 22. The first kappa shape index (κ1) is 43.0. The van der Waals surface area contributed by atoms with Crippen molar-refractivity contribution in [3.05, 3.63) is 35.9 Å². The fourth-order valence-electron chi connectivity index (χ4n) is 5.57. The van der Waals surface area contributed by atoms with E-state index in [1.807, 2.05) is 20.1 Å². The number of thioether (sulfide) groups is 1. The molecule has 0 bridgehead atoms. The third-order valence-corrected chi connectivity index (χ3v) is 9.03. The number of aliphatic carboxylic acids is 2. The molecule has 2 rings (SSSR count). The van der Waals surface area contributed by atoms with Gasteiger partial charge in [0.05, 0.1) is 6.04 Å². The third kappa shape index (κ3) is 15.3. The zero-order valence-corrected chi connectivity index (χ0v) is 30.8. The van der Waals surface area contributed by atoms with E-state index in [0.29, 0.717) is 24.3 Å². The summed E-state index contributed by atoms with van der Waals surface area (Å²) in [6.45, 7) is 7.71. The van der Waals surface area contributed by atoms with Gasteiger partial charge >= 0.3 is 11.9 Å². The van der Waals surface area contributed by atoms with E-state index in [0.717, 1.165) is 6.42 Å². The molecule has 8 N–H and O–H groups in total. The lowest BCUT2D eigenvalue weighted by molar-refractivity contribution is -0.142. The fraction of sp³-hybridized carbons (Fsp3) is 0.629. The first-order chi connectivity index (χ1) is 24.1. The predicted octanol–water partition coefficient (Wildman–Crippen LogP) is 0.810. The second-order valence-corrected chi connectivity index (χ2v) is 14.5. The highest BCUT2D eigenvalue weighted by Crippen LogP contribution is 2.12. The summed E-state index contributed by atoms with van der Waals surface area (Å²) in [7, 11) is 0. The minimum absolute atomic E-state index is 0.0321. The highest BCUT2D eigenvalue weighted by Gasteiger charge is 2.35. The molecule has 1 aliphatic rings. The molecule has 0 aliphatic carbocycles. The zero-order chi connectivity index (χ0) is 38.1. The number of hydrogen-bond donors (Lipinski definition) is 8. The number of nitrogens with one attached hydrogen (secondary N) is 6. The molecule has 284 valence electrons.